The number of rotatable bonds is 7. The molecule has 1 aromatic heterocycles. The van der Waals surface area contributed by atoms with Crippen molar-refractivity contribution in [2.24, 2.45) is 0 Å². The summed E-state index contributed by atoms with van der Waals surface area (Å²) < 4.78 is 50.8. The number of carbonyl (C=O) groups excluding carboxylic acids is 3. The molecule has 3 aromatic rings. The molecule has 0 saturated heterocycles. The van der Waals surface area contributed by atoms with Crippen LogP contribution in [0.1, 0.15) is 43.1 Å². The lowest BCUT2D eigenvalue weighted by molar-refractivity contribution is -0.138. The Balaban J connectivity index is 1.86. The molecule has 0 radical (unpaired) electrons. The van der Waals surface area contributed by atoms with Gasteiger partial charge in [0.2, 0.25) is 5.91 Å². The lowest BCUT2D eigenvalue weighted by Crippen LogP contribution is -2.28. The molecule has 0 unspecified atom stereocenters. The Kier molecular flexibility index (Phi) is 8.39. The molecule has 2 N–H and O–H groups in total. The third kappa shape index (κ3) is 7.55. The van der Waals surface area contributed by atoms with Gasteiger partial charge in [-0.2, -0.15) is 13.2 Å². The van der Waals surface area contributed by atoms with E-state index in [2.05, 4.69) is 15.6 Å². The summed E-state index contributed by atoms with van der Waals surface area (Å²) in [6.07, 6.45) is -4.84. The molecule has 0 aliphatic carbocycles. The summed E-state index contributed by atoms with van der Waals surface area (Å²) in [6.45, 7) is 4.82. The van der Waals surface area contributed by atoms with Gasteiger partial charge in [0.05, 0.1) is 36.2 Å². The van der Waals surface area contributed by atoms with E-state index in [1.807, 2.05) is 0 Å². The second-order valence-corrected chi connectivity index (χ2v) is 9.17. The van der Waals surface area contributed by atoms with E-state index in [-0.39, 0.29) is 16.9 Å². The Morgan fingerprint density at radius 2 is 1.63 bits per heavy atom. The smallest absolute Gasteiger partial charge is 0.420 e. The molecule has 0 saturated carbocycles. The zero-order chi connectivity index (χ0) is 28.1. The lowest BCUT2D eigenvalue weighted by Gasteiger charge is -2.22. The standard InChI is InChI=1S/C27H26F3N3O5/c1-26(2,3)38-25(36)33-21-14-23(37-4)18(27(28,29)30)13-20(21)32-24(35)15-22(34)17-9-7-8-16(12-17)19-10-5-6-11-31-19/h5-14H,15H2,1-4H3,(H,32,35)(H,33,36). The average molecular weight is 530 g/mol. The van der Waals surface area contributed by atoms with Crippen LogP contribution in [0.3, 0.4) is 0 Å². The summed E-state index contributed by atoms with van der Waals surface area (Å²) in [5.74, 6) is -2.03. The average Bonchev–Trinajstić information content (AvgIpc) is 2.83. The summed E-state index contributed by atoms with van der Waals surface area (Å²) in [5.41, 5.74) is -1.15. The Bertz CT molecular complexity index is 1340. The van der Waals surface area contributed by atoms with E-state index in [0.717, 1.165) is 13.2 Å². The molecule has 0 aliphatic heterocycles. The number of pyridine rings is 1. The zero-order valence-electron chi connectivity index (χ0n) is 21.1. The Labute approximate surface area is 217 Å². The Morgan fingerprint density at radius 3 is 2.24 bits per heavy atom. The maximum absolute atomic E-state index is 13.6. The molecule has 0 aliphatic rings. The van der Waals surface area contributed by atoms with E-state index >= 15 is 0 Å². The van der Waals surface area contributed by atoms with Crippen molar-refractivity contribution in [1.82, 2.24) is 4.98 Å². The quantitative estimate of drug-likeness (QED) is 0.274. The van der Waals surface area contributed by atoms with E-state index in [9.17, 15) is 27.6 Å². The molecule has 200 valence electrons. The number of anilines is 2. The second kappa shape index (κ2) is 11.3. The van der Waals surface area contributed by atoms with Gasteiger partial charge in [0.1, 0.15) is 11.4 Å². The van der Waals surface area contributed by atoms with Crippen LogP contribution in [0, 0.1) is 0 Å². The van der Waals surface area contributed by atoms with Crippen LogP contribution in [0.5, 0.6) is 5.75 Å². The first-order valence-corrected chi connectivity index (χ1v) is 11.4. The molecule has 11 heteroatoms. The van der Waals surface area contributed by atoms with Crippen molar-refractivity contribution in [2.45, 2.75) is 39.0 Å². The lowest BCUT2D eigenvalue weighted by atomic mass is 10.0. The molecule has 8 nitrogen and oxygen atoms in total. The van der Waals surface area contributed by atoms with Crippen molar-refractivity contribution < 1.29 is 37.0 Å². The van der Waals surface area contributed by atoms with E-state index in [4.69, 9.17) is 9.47 Å². The van der Waals surface area contributed by atoms with Gasteiger partial charge in [0, 0.05) is 23.4 Å². The first kappa shape index (κ1) is 28.2. The topological polar surface area (TPSA) is 107 Å². The molecular formula is C27H26F3N3O5. The van der Waals surface area contributed by atoms with Gasteiger partial charge in [-0.1, -0.05) is 24.3 Å². The van der Waals surface area contributed by atoms with Crippen LogP contribution in [0.4, 0.5) is 29.3 Å². The predicted molar refractivity (Wildman–Crippen MR) is 135 cm³/mol. The summed E-state index contributed by atoms with van der Waals surface area (Å²) in [5, 5.41) is 4.61. The summed E-state index contributed by atoms with van der Waals surface area (Å²) in [6, 6.07) is 13.3. The largest absolute Gasteiger partial charge is 0.496 e. The van der Waals surface area contributed by atoms with Crippen molar-refractivity contribution in [3.8, 4) is 17.0 Å². The fourth-order valence-corrected chi connectivity index (χ4v) is 3.42. The molecule has 2 aromatic carbocycles. The van der Waals surface area contributed by atoms with Gasteiger partial charge in [-0.15, -0.1) is 0 Å². The maximum atomic E-state index is 13.6. The number of benzene rings is 2. The number of ketones is 1. The minimum absolute atomic E-state index is 0.206. The highest BCUT2D eigenvalue weighted by Gasteiger charge is 2.36. The van der Waals surface area contributed by atoms with Crippen molar-refractivity contribution in [3.63, 3.8) is 0 Å². The van der Waals surface area contributed by atoms with Crippen LogP contribution >= 0.6 is 0 Å². The first-order valence-electron chi connectivity index (χ1n) is 11.4. The predicted octanol–water partition coefficient (Wildman–Crippen LogP) is 6.33. The monoisotopic (exact) mass is 529 g/mol. The van der Waals surface area contributed by atoms with Crippen LogP contribution in [-0.4, -0.2) is 35.5 Å². The van der Waals surface area contributed by atoms with Crippen molar-refractivity contribution >= 4 is 29.2 Å². The number of amides is 2. The molecule has 0 atom stereocenters. The molecule has 38 heavy (non-hydrogen) atoms. The van der Waals surface area contributed by atoms with E-state index in [1.54, 1.807) is 63.4 Å². The van der Waals surface area contributed by atoms with Gasteiger partial charge in [-0.25, -0.2) is 4.79 Å². The molecule has 0 bridgehead atoms. The zero-order valence-corrected chi connectivity index (χ0v) is 21.1. The number of alkyl halides is 3. The maximum Gasteiger partial charge on any atom is 0.420 e. The number of nitrogens with one attached hydrogen (secondary N) is 2. The van der Waals surface area contributed by atoms with Gasteiger partial charge in [-0.3, -0.25) is 19.9 Å². The summed E-state index contributed by atoms with van der Waals surface area (Å²) in [7, 11) is 1.04. The number of Topliss-reactive ketones (excluding diaryl/α,β-unsaturated/α-hetero) is 1. The fourth-order valence-electron chi connectivity index (χ4n) is 3.42. The van der Waals surface area contributed by atoms with Gasteiger partial charge in [0.15, 0.2) is 5.78 Å². The number of aromatic nitrogens is 1. The van der Waals surface area contributed by atoms with Gasteiger partial charge >= 0.3 is 12.3 Å². The molecule has 0 fully saturated rings. The Hall–Kier alpha value is -4.41. The number of methoxy groups -OCH3 is 1. The SMILES string of the molecule is COc1cc(NC(=O)OC(C)(C)C)c(NC(=O)CC(=O)c2cccc(-c3ccccn3)c2)cc1C(F)(F)F. The van der Waals surface area contributed by atoms with Gasteiger partial charge in [0.25, 0.3) is 0 Å². The van der Waals surface area contributed by atoms with Crippen molar-refractivity contribution in [1.29, 1.82) is 0 Å². The summed E-state index contributed by atoms with van der Waals surface area (Å²) in [4.78, 5) is 42.1. The molecule has 0 spiro atoms. The number of nitrogens with zero attached hydrogens (tertiary/aromatic N) is 1. The highest BCUT2D eigenvalue weighted by atomic mass is 19.4. The number of hydrogen-bond donors (Lipinski definition) is 2. The number of ether oxygens (including phenoxy) is 2. The minimum atomic E-state index is -4.82. The van der Waals surface area contributed by atoms with Crippen LogP contribution in [0.15, 0.2) is 60.8 Å². The second-order valence-electron chi connectivity index (χ2n) is 9.17. The first-order chi connectivity index (χ1) is 17.8. The third-order valence-corrected chi connectivity index (χ3v) is 5.02. The third-order valence-electron chi connectivity index (χ3n) is 5.02. The molecule has 1 heterocycles. The molecular weight excluding hydrogens is 503 g/mol. The van der Waals surface area contributed by atoms with Gasteiger partial charge in [-0.05, 0) is 45.0 Å². The Morgan fingerprint density at radius 1 is 0.921 bits per heavy atom. The van der Waals surface area contributed by atoms with Crippen LogP contribution in [0.25, 0.3) is 11.3 Å². The van der Waals surface area contributed by atoms with Crippen molar-refractivity contribution in [2.75, 3.05) is 17.7 Å². The highest BCUT2D eigenvalue weighted by molar-refractivity contribution is 6.12. The van der Waals surface area contributed by atoms with Crippen LogP contribution in [0.2, 0.25) is 0 Å². The number of hydrogen-bond acceptors (Lipinski definition) is 6. The summed E-state index contributed by atoms with van der Waals surface area (Å²) >= 11 is 0. The normalized spacial score (nSPS) is 11.4. The number of carbonyl (C=O) groups is 3. The number of halogens is 3. The van der Waals surface area contributed by atoms with Crippen LogP contribution < -0.4 is 15.4 Å². The van der Waals surface area contributed by atoms with E-state index < -0.39 is 47.3 Å². The van der Waals surface area contributed by atoms with Gasteiger partial charge < -0.3 is 14.8 Å². The fraction of sp³-hybridized carbons (Fsp3) is 0.259. The highest BCUT2D eigenvalue weighted by Crippen LogP contribution is 2.41. The van der Waals surface area contributed by atoms with Crippen molar-refractivity contribution in [3.05, 3.63) is 71.9 Å². The van der Waals surface area contributed by atoms with E-state index in [0.29, 0.717) is 17.3 Å². The van der Waals surface area contributed by atoms with E-state index in [1.165, 1.54) is 6.07 Å². The van der Waals surface area contributed by atoms with Crippen LogP contribution in [-0.2, 0) is 15.7 Å². The minimum Gasteiger partial charge on any atom is -0.496 e. The molecule has 2 amide bonds. The molecule has 3 rings (SSSR count).